The first-order valence-corrected chi connectivity index (χ1v) is 9.16. The highest BCUT2D eigenvalue weighted by Crippen LogP contribution is 2.24. The van der Waals surface area contributed by atoms with E-state index < -0.39 is 18.1 Å². The normalized spacial score (nSPS) is 26.7. The van der Waals surface area contributed by atoms with Crippen molar-refractivity contribution in [3.05, 3.63) is 54.0 Å². The van der Waals surface area contributed by atoms with E-state index in [2.05, 4.69) is 30.4 Å². The second kappa shape index (κ2) is 7.58. The quantitative estimate of drug-likeness (QED) is 0.840. The highest BCUT2D eigenvalue weighted by Gasteiger charge is 2.39. The SMILES string of the molecule is Cc1nccc(N2CCN(C3NC(=O)C(F)C(c4ccccc4)N3)CC2)n1. The zero-order valence-electron chi connectivity index (χ0n) is 15.2. The third-order valence-electron chi connectivity index (χ3n) is 5.08. The molecule has 2 aromatic rings. The molecule has 4 rings (SSSR count). The predicted molar refractivity (Wildman–Crippen MR) is 99.7 cm³/mol. The maximum absolute atomic E-state index is 14.5. The number of aromatic nitrogens is 2. The summed E-state index contributed by atoms with van der Waals surface area (Å²) >= 11 is 0. The molecule has 2 aliphatic rings. The molecular weight excluding hydrogens is 347 g/mol. The number of rotatable bonds is 3. The van der Waals surface area contributed by atoms with Crippen LogP contribution in [0.4, 0.5) is 10.2 Å². The van der Waals surface area contributed by atoms with E-state index in [1.807, 2.05) is 43.3 Å². The Hall–Kier alpha value is -2.58. The topological polar surface area (TPSA) is 73.4 Å². The van der Waals surface area contributed by atoms with E-state index in [1.165, 1.54) is 0 Å². The van der Waals surface area contributed by atoms with Gasteiger partial charge < -0.3 is 10.2 Å². The molecule has 142 valence electrons. The van der Waals surface area contributed by atoms with Crippen molar-refractivity contribution >= 4 is 11.7 Å². The van der Waals surface area contributed by atoms with Gasteiger partial charge in [-0.3, -0.25) is 15.0 Å². The number of aryl methyl sites for hydroxylation is 1. The van der Waals surface area contributed by atoms with E-state index in [9.17, 15) is 9.18 Å². The standard InChI is InChI=1S/C19H23FN6O/c1-13-21-8-7-15(22-13)25-9-11-26(12-10-25)19-23-17(16(20)18(27)24-19)14-5-3-2-4-6-14/h2-8,16-17,19,23H,9-12H2,1H3,(H,24,27). The van der Waals surface area contributed by atoms with Crippen LogP contribution in [-0.4, -0.2) is 59.4 Å². The van der Waals surface area contributed by atoms with Crippen LogP contribution in [0.3, 0.4) is 0 Å². The van der Waals surface area contributed by atoms with Crippen LogP contribution in [0.1, 0.15) is 17.4 Å². The number of benzene rings is 1. The smallest absolute Gasteiger partial charge is 0.258 e. The summed E-state index contributed by atoms with van der Waals surface area (Å²) in [6.07, 6.45) is -0.225. The Bertz CT molecular complexity index is 796. The molecule has 3 atom stereocenters. The van der Waals surface area contributed by atoms with Gasteiger partial charge in [0.15, 0.2) is 6.17 Å². The summed E-state index contributed by atoms with van der Waals surface area (Å²) in [5.74, 6) is 1.09. The fourth-order valence-electron chi connectivity index (χ4n) is 3.61. The first kappa shape index (κ1) is 17.8. The molecule has 2 fully saturated rings. The number of carbonyl (C=O) groups excluding carboxylic acids is 1. The summed E-state index contributed by atoms with van der Waals surface area (Å²) in [7, 11) is 0. The maximum atomic E-state index is 14.5. The Morgan fingerprint density at radius 2 is 1.85 bits per heavy atom. The Morgan fingerprint density at radius 1 is 1.11 bits per heavy atom. The van der Waals surface area contributed by atoms with Crippen molar-refractivity contribution in [2.45, 2.75) is 25.4 Å². The van der Waals surface area contributed by atoms with E-state index in [4.69, 9.17) is 0 Å². The van der Waals surface area contributed by atoms with Gasteiger partial charge in [0.25, 0.3) is 5.91 Å². The van der Waals surface area contributed by atoms with Gasteiger partial charge in [-0.15, -0.1) is 0 Å². The molecule has 0 spiro atoms. The third-order valence-corrected chi connectivity index (χ3v) is 5.08. The first-order valence-electron chi connectivity index (χ1n) is 9.16. The molecule has 2 saturated heterocycles. The number of anilines is 1. The van der Waals surface area contributed by atoms with Crippen LogP contribution in [0.5, 0.6) is 0 Å². The van der Waals surface area contributed by atoms with Gasteiger partial charge in [0.1, 0.15) is 17.9 Å². The molecule has 2 aliphatic heterocycles. The monoisotopic (exact) mass is 370 g/mol. The minimum Gasteiger partial charge on any atom is -0.354 e. The molecule has 1 amide bonds. The van der Waals surface area contributed by atoms with Gasteiger partial charge in [-0.25, -0.2) is 14.4 Å². The fourth-order valence-corrected chi connectivity index (χ4v) is 3.61. The first-order chi connectivity index (χ1) is 13.1. The van der Waals surface area contributed by atoms with Crippen molar-refractivity contribution in [2.24, 2.45) is 0 Å². The van der Waals surface area contributed by atoms with Crippen LogP contribution in [-0.2, 0) is 4.79 Å². The van der Waals surface area contributed by atoms with Crippen LogP contribution in [0, 0.1) is 6.92 Å². The van der Waals surface area contributed by atoms with Gasteiger partial charge in [-0.05, 0) is 18.6 Å². The number of amides is 1. The number of nitrogens with one attached hydrogen (secondary N) is 2. The van der Waals surface area contributed by atoms with Gasteiger partial charge in [0.05, 0.1) is 6.04 Å². The largest absolute Gasteiger partial charge is 0.354 e. The van der Waals surface area contributed by atoms with Crippen molar-refractivity contribution in [1.29, 1.82) is 0 Å². The molecule has 0 aliphatic carbocycles. The minimum absolute atomic E-state index is 0.385. The van der Waals surface area contributed by atoms with Crippen molar-refractivity contribution < 1.29 is 9.18 Å². The van der Waals surface area contributed by atoms with E-state index in [-0.39, 0.29) is 6.29 Å². The lowest BCUT2D eigenvalue weighted by molar-refractivity contribution is -0.134. The zero-order valence-corrected chi connectivity index (χ0v) is 15.2. The van der Waals surface area contributed by atoms with Crippen LogP contribution in [0.15, 0.2) is 42.6 Å². The average molecular weight is 370 g/mol. The number of carbonyl (C=O) groups is 1. The Balaban J connectivity index is 1.42. The second-order valence-corrected chi connectivity index (χ2v) is 6.85. The van der Waals surface area contributed by atoms with E-state index >= 15 is 0 Å². The lowest BCUT2D eigenvalue weighted by Gasteiger charge is -2.44. The number of nitrogens with zero attached hydrogens (tertiary/aromatic N) is 4. The Morgan fingerprint density at radius 3 is 2.56 bits per heavy atom. The molecule has 2 N–H and O–H groups in total. The van der Waals surface area contributed by atoms with Crippen molar-refractivity contribution in [3.8, 4) is 0 Å². The number of piperazine rings is 1. The Kier molecular flexibility index (Phi) is 5.00. The van der Waals surface area contributed by atoms with E-state index in [0.717, 1.165) is 43.4 Å². The molecule has 7 nitrogen and oxygen atoms in total. The van der Waals surface area contributed by atoms with Crippen LogP contribution < -0.4 is 15.5 Å². The predicted octanol–water partition coefficient (Wildman–Crippen LogP) is 0.989. The van der Waals surface area contributed by atoms with Gasteiger partial charge in [0.2, 0.25) is 0 Å². The lowest BCUT2D eigenvalue weighted by atomic mass is 10.00. The molecule has 3 heterocycles. The molecule has 0 saturated carbocycles. The number of alkyl halides is 1. The average Bonchev–Trinajstić information content (AvgIpc) is 2.71. The van der Waals surface area contributed by atoms with Crippen molar-refractivity contribution in [3.63, 3.8) is 0 Å². The van der Waals surface area contributed by atoms with Gasteiger partial charge in [0, 0.05) is 32.4 Å². The summed E-state index contributed by atoms with van der Waals surface area (Å²) in [6.45, 7) is 4.90. The summed E-state index contributed by atoms with van der Waals surface area (Å²) in [6, 6.07) is 10.5. The molecule has 0 bridgehead atoms. The summed E-state index contributed by atoms with van der Waals surface area (Å²) in [5, 5.41) is 6.01. The van der Waals surface area contributed by atoms with Crippen LogP contribution in [0.2, 0.25) is 0 Å². The van der Waals surface area contributed by atoms with E-state index in [1.54, 1.807) is 6.20 Å². The summed E-state index contributed by atoms with van der Waals surface area (Å²) in [5.41, 5.74) is 0.778. The minimum atomic E-state index is -1.60. The number of halogens is 1. The highest BCUT2D eigenvalue weighted by atomic mass is 19.1. The van der Waals surface area contributed by atoms with Crippen molar-refractivity contribution in [2.75, 3.05) is 31.1 Å². The number of hydrogen-bond acceptors (Lipinski definition) is 6. The van der Waals surface area contributed by atoms with Gasteiger partial charge >= 0.3 is 0 Å². The second-order valence-electron chi connectivity index (χ2n) is 6.85. The zero-order chi connectivity index (χ0) is 18.8. The van der Waals surface area contributed by atoms with Crippen molar-refractivity contribution in [1.82, 2.24) is 25.5 Å². The fraction of sp³-hybridized carbons (Fsp3) is 0.421. The lowest BCUT2D eigenvalue weighted by Crippen LogP contribution is -2.67. The summed E-state index contributed by atoms with van der Waals surface area (Å²) < 4.78 is 14.5. The van der Waals surface area contributed by atoms with Crippen LogP contribution in [0.25, 0.3) is 0 Å². The van der Waals surface area contributed by atoms with E-state index in [0.29, 0.717) is 0 Å². The molecule has 1 aromatic heterocycles. The van der Waals surface area contributed by atoms with Gasteiger partial charge in [-0.1, -0.05) is 30.3 Å². The maximum Gasteiger partial charge on any atom is 0.258 e. The van der Waals surface area contributed by atoms with Gasteiger partial charge in [-0.2, -0.15) is 0 Å². The molecule has 3 unspecified atom stereocenters. The summed E-state index contributed by atoms with van der Waals surface area (Å²) in [4.78, 5) is 25.1. The number of hydrogen-bond donors (Lipinski definition) is 2. The molecule has 8 heteroatoms. The molecule has 1 aromatic carbocycles. The molecule has 27 heavy (non-hydrogen) atoms. The van der Waals surface area contributed by atoms with Crippen LogP contribution >= 0.6 is 0 Å². The highest BCUT2D eigenvalue weighted by molar-refractivity contribution is 5.82. The Labute approximate surface area is 157 Å². The molecular formula is C19H23FN6O. The molecule has 0 radical (unpaired) electrons. The third kappa shape index (κ3) is 3.77.